The second-order valence-electron chi connectivity index (χ2n) is 5.54. The van der Waals surface area contributed by atoms with Crippen molar-refractivity contribution in [2.24, 2.45) is 0 Å². The van der Waals surface area contributed by atoms with Crippen molar-refractivity contribution in [1.82, 2.24) is 9.29 Å². The van der Waals surface area contributed by atoms with Crippen molar-refractivity contribution in [2.75, 3.05) is 21.2 Å². The van der Waals surface area contributed by atoms with E-state index in [9.17, 15) is 8.42 Å². The van der Waals surface area contributed by atoms with Crippen LogP contribution in [0.2, 0.25) is 0 Å². The molecule has 1 aromatic heterocycles. The van der Waals surface area contributed by atoms with E-state index in [1.807, 2.05) is 24.3 Å². The molecule has 0 atom stereocenters. The third kappa shape index (κ3) is 3.81. The van der Waals surface area contributed by atoms with Gasteiger partial charge in [-0.2, -0.15) is 0 Å². The largest absolute Gasteiger partial charge is 0.497 e. The lowest BCUT2D eigenvalue weighted by Gasteiger charge is -2.10. The van der Waals surface area contributed by atoms with E-state index in [0.29, 0.717) is 22.1 Å². The number of aromatic nitrogens is 1. The molecular formula is C17H18N2O4S2. The molecule has 6 nitrogen and oxygen atoms in total. The number of rotatable bonds is 6. The van der Waals surface area contributed by atoms with Crippen LogP contribution in [0, 0.1) is 0 Å². The molecule has 0 saturated carbocycles. The number of thioether (sulfide) groups is 1. The van der Waals surface area contributed by atoms with Gasteiger partial charge in [0.05, 0.1) is 12.0 Å². The second kappa shape index (κ2) is 7.07. The van der Waals surface area contributed by atoms with Crippen LogP contribution < -0.4 is 4.74 Å². The fourth-order valence-electron chi connectivity index (χ4n) is 2.23. The number of methoxy groups -OCH3 is 1. The maximum atomic E-state index is 12.2. The Balaban J connectivity index is 1.81. The topological polar surface area (TPSA) is 72.6 Å². The number of nitrogens with zero attached hydrogens (tertiary/aromatic N) is 2. The minimum atomic E-state index is -3.49. The molecule has 0 aliphatic heterocycles. The lowest BCUT2D eigenvalue weighted by atomic mass is 10.2. The summed E-state index contributed by atoms with van der Waals surface area (Å²) in [6, 6.07) is 12.5. The third-order valence-electron chi connectivity index (χ3n) is 3.61. The first-order valence-electron chi connectivity index (χ1n) is 7.49. The van der Waals surface area contributed by atoms with Gasteiger partial charge < -0.3 is 9.15 Å². The molecule has 0 aliphatic rings. The van der Waals surface area contributed by atoms with E-state index in [1.54, 1.807) is 13.2 Å². The van der Waals surface area contributed by atoms with Crippen LogP contribution in [0.4, 0.5) is 0 Å². The van der Waals surface area contributed by atoms with Gasteiger partial charge in [0.25, 0.3) is 5.22 Å². The number of oxazole rings is 1. The van der Waals surface area contributed by atoms with Crippen LogP contribution in [-0.2, 0) is 15.8 Å². The van der Waals surface area contributed by atoms with Crippen LogP contribution in [0.15, 0.2) is 57.0 Å². The van der Waals surface area contributed by atoms with Crippen molar-refractivity contribution < 1.29 is 17.6 Å². The van der Waals surface area contributed by atoms with Gasteiger partial charge in [-0.3, -0.25) is 0 Å². The van der Waals surface area contributed by atoms with Gasteiger partial charge >= 0.3 is 0 Å². The molecule has 0 aliphatic carbocycles. The zero-order chi connectivity index (χ0) is 18.0. The first-order valence-corrected chi connectivity index (χ1v) is 9.91. The smallest absolute Gasteiger partial charge is 0.257 e. The van der Waals surface area contributed by atoms with Crippen LogP contribution in [-0.4, -0.2) is 38.9 Å². The molecule has 1 heterocycles. The number of benzene rings is 2. The Kier molecular flexibility index (Phi) is 5.03. The first-order chi connectivity index (χ1) is 11.9. The Morgan fingerprint density at radius 2 is 2.00 bits per heavy atom. The maximum absolute atomic E-state index is 12.2. The molecule has 0 amide bonds. The van der Waals surface area contributed by atoms with E-state index < -0.39 is 10.0 Å². The van der Waals surface area contributed by atoms with E-state index in [1.165, 1.54) is 42.3 Å². The normalized spacial score (nSPS) is 12.0. The first kappa shape index (κ1) is 17.8. The Morgan fingerprint density at radius 3 is 2.72 bits per heavy atom. The molecule has 3 rings (SSSR count). The van der Waals surface area contributed by atoms with Crippen LogP contribution in [0.25, 0.3) is 11.1 Å². The minimum Gasteiger partial charge on any atom is -0.497 e. The molecule has 132 valence electrons. The number of ether oxygens (including phenoxy) is 1. The number of sulfonamides is 1. The lowest BCUT2D eigenvalue weighted by molar-refractivity contribution is 0.414. The predicted molar refractivity (Wildman–Crippen MR) is 97.4 cm³/mol. The summed E-state index contributed by atoms with van der Waals surface area (Å²) in [5.74, 6) is 1.47. The number of hydrogen-bond donors (Lipinski definition) is 0. The molecule has 0 unspecified atom stereocenters. The summed E-state index contributed by atoms with van der Waals surface area (Å²) < 4.78 is 36.5. The molecule has 3 aromatic rings. The number of fused-ring (bicyclic) bond motifs is 1. The highest BCUT2D eigenvalue weighted by Crippen LogP contribution is 2.28. The van der Waals surface area contributed by atoms with Crippen molar-refractivity contribution in [3.05, 3.63) is 48.0 Å². The Labute approximate surface area is 150 Å². The van der Waals surface area contributed by atoms with Crippen molar-refractivity contribution in [3.8, 4) is 5.75 Å². The van der Waals surface area contributed by atoms with Gasteiger partial charge in [0.15, 0.2) is 5.58 Å². The Bertz CT molecular complexity index is 997. The number of hydrogen-bond acceptors (Lipinski definition) is 6. The second-order valence-corrected chi connectivity index (χ2v) is 8.62. The summed E-state index contributed by atoms with van der Waals surface area (Å²) in [6.07, 6.45) is 0. The summed E-state index contributed by atoms with van der Waals surface area (Å²) in [5.41, 5.74) is 2.17. The van der Waals surface area contributed by atoms with Gasteiger partial charge in [0, 0.05) is 19.8 Å². The zero-order valence-corrected chi connectivity index (χ0v) is 15.7. The lowest BCUT2D eigenvalue weighted by Crippen LogP contribution is -2.22. The highest BCUT2D eigenvalue weighted by Gasteiger charge is 2.19. The van der Waals surface area contributed by atoms with Crippen molar-refractivity contribution in [1.29, 1.82) is 0 Å². The van der Waals surface area contributed by atoms with Crippen LogP contribution in [0.1, 0.15) is 5.56 Å². The Morgan fingerprint density at radius 1 is 1.20 bits per heavy atom. The van der Waals surface area contributed by atoms with Crippen LogP contribution in [0.5, 0.6) is 5.75 Å². The van der Waals surface area contributed by atoms with E-state index in [-0.39, 0.29) is 4.90 Å². The summed E-state index contributed by atoms with van der Waals surface area (Å²) in [4.78, 5) is 4.58. The van der Waals surface area contributed by atoms with E-state index in [4.69, 9.17) is 9.15 Å². The summed E-state index contributed by atoms with van der Waals surface area (Å²) in [6.45, 7) is 0. The van der Waals surface area contributed by atoms with Crippen molar-refractivity contribution in [2.45, 2.75) is 15.9 Å². The van der Waals surface area contributed by atoms with Crippen molar-refractivity contribution in [3.63, 3.8) is 0 Å². The third-order valence-corrected chi connectivity index (χ3v) is 6.32. The molecule has 0 bridgehead atoms. The SMILES string of the molecule is COc1cccc(CSc2nc3cc(S(=O)(=O)N(C)C)ccc3o2)c1. The monoisotopic (exact) mass is 378 g/mol. The summed E-state index contributed by atoms with van der Waals surface area (Å²) >= 11 is 1.44. The van der Waals surface area contributed by atoms with Crippen LogP contribution in [0.3, 0.4) is 0 Å². The van der Waals surface area contributed by atoms with Gasteiger partial charge in [-0.1, -0.05) is 23.9 Å². The molecule has 0 fully saturated rings. The molecule has 0 radical (unpaired) electrons. The molecule has 2 aromatic carbocycles. The molecule has 0 N–H and O–H groups in total. The van der Waals surface area contributed by atoms with Gasteiger partial charge in [0.1, 0.15) is 11.3 Å². The van der Waals surface area contributed by atoms with E-state index in [0.717, 1.165) is 11.3 Å². The Hall–Kier alpha value is -2.03. The zero-order valence-electron chi connectivity index (χ0n) is 14.1. The maximum Gasteiger partial charge on any atom is 0.257 e. The van der Waals surface area contributed by atoms with E-state index >= 15 is 0 Å². The standard InChI is InChI=1S/C17H18N2O4S2/c1-19(2)25(20,21)14-7-8-16-15(10-14)18-17(23-16)24-11-12-5-4-6-13(9-12)22-3/h4-10H,11H2,1-3H3. The van der Waals surface area contributed by atoms with E-state index in [2.05, 4.69) is 4.98 Å². The molecule has 25 heavy (non-hydrogen) atoms. The highest BCUT2D eigenvalue weighted by molar-refractivity contribution is 7.98. The fourth-order valence-corrected chi connectivity index (χ4v) is 3.93. The van der Waals surface area contributed by atoms with Gasteiger partial charge in [-0.25, -0.2) is 17.7 Å². The molecule has 8 heteroatoms. The quantitative estimate of drug-likeness (QED) is 0.612. The van der Waals surface area contributed by atoms with Gasteiger partial charge in [-0.05, 0) is 35.9 Å². The summed E-state index contributed by atoms with van der Waals surface area (Å²) in [5, 5.41) is 0.497. The molecular weight excluding hydrogens is 360 g/mol. The molecule has 0 spiro atoms. The van der Waals surface area contributed by atoms with Crippen molar-refractivity contribution >= 4 is 32.9 Å². The minimum absolute atomic E-state index is 0.197. The molecule has 0 saturated heterocycles. The fraction of sp³-hybridized carbons (Fsp3) is 0.235. The highest BCUT2D eigenvalue weighted by atomic mass is 32.2. The average molecular weight is 378 g/mol. The van der Waals surface area contributed by atoms with Gasteiger partial charge in [-0.15, -0.1) is 0 Å². The van der Waals surface area contributed by atoms with Crippen LogP contribution >= 0.6 is 11.8 Å². The average Bonchev–Trinajstić information content (AvgIpc) is 3.02. The van der Waals surface area contributed by atoms with Gasteiger partial charge in [0.2, 0.25) is 10.0 Å². The summed E-state index contributed by atoms with van der Waals surface area (Å²) in [7, 11) is 1.14. The predicted octanol–water partition coefficient (Wildman–Crippen LogP) is 3.38.